The van der Waals surface area contributed by atoms with Crippen molar-refractivity contribution in [2.45, 2.75) is 6.10 Å². The van der Waals surface area contributed by atoms with E-state index in [1.165, 1.54) is 18.2 Å². The van der Waals surface area contributed by atoms with E-state index in [0.29, 0.717) is 0 Å². The Balaban J connectivity index is 2.99. The van der Waals surface area contributed by atoms with E-state index in [2.05, 4.69) is 10.0 Å². The molecule has 0 spiro atoms. The SMILES string of the molecule is [N-]=[N+]=NC[C@H](O)c1c(F)cccc1Cl. The summed E-state index contributed by atoms with van der Waals surface area (Å²) in [5.74, 6) is -0.613. The molecular formula is C8H7ClFN3O. The molecule has 1 aromatic rings. The van der Waals surface area contributed by atoms with Gasteiger partial charge in [-0.25, -0.2) is 4.39 Å². The summed E-state index contributed by atoms with van der Waals surface area (Å²) in [4.78, 5) is 2.46. The third-order valence-corrected chi connectivity index (χ3v) is 1.98. The second kappa shape index (κ2) is 4.81. The van der Waals surface area contributed by atoms with Crippen LogP contribution >= 0.6 is 11.6 Å². The van der Waals surface area contributed by atoms with Gasteiger partial charge < -0.3 is 5.11 Å². The molecule has 0 aromatic heterocycles. The monoisotopic (exact) mass is 215 g/mol. The maximum atomic E-state index is 13.1. The minimum Gasteiger partial charge on any atom is -0.388 e. The number of azide groups is 1. The van der Waals surface area contributed by atoms with Crippen LogP contribution in [0.2, 0.25) is 5.02 Å². The minimum absolute atomic E-state index is 0.0402. The second-order valence-corrected chi connectivity index (χ2v) is 2.97. The van der Waals surface area contributed by atoms with E-state index in [9.17, 15) is 9.50 Å². The molecule has 0 heterocycles. The minimum atomic E-state index is -1.21. The highest BCUT2D eigenvalue weighted by Gasteiger charge is 2.15. The van der Waals surface area contributed by atoms with Crippen LogP contribution in [0.25, 0.3) is 10.4 Å². The lowest BCUT2D eigenvalue weighted by Crippen LogP contribution is -2.04. The van der Waals surface area contributed by atoms with Gasteiger partial charge in [-0.15, -0.1) is 0 Å². The molecule has 0 fully saturated rings. The number of aliphatic hydroxyl groups excluding tert-OH is 1. The van der Waals surface area contributed by atoms with E-state index in [0.717, 1.165) is 0 Å². The largest absolute Gasteiger partial charge is 0.388 e. The van der Waals surface area contributed by atoms with Crippen LogP contribution in [0.5, 0.6) is 0 Å². The van der Waals surface area contributed by atoms with Crippen LogP contribution in [-0.2, 0) is 0 Å². The standard InChI is InChI=1S/C8H7ClFN3O/c9-5-2-1-3-6(10)8(5)7(14)4-12-13-11/h1-3,7,14H,4H2/t7-/m0/s1. The van der Waals surface area contributed by atoms with Crippen LogP contribution in [0.1, 0.15) is 11.7 Å². The molecule has 4 nitrogen and oxygen atoms in total. The van der Waals surface area contributed by atoms with Crippen LogP contribution in [0.3, 0.4) is 0 Å². The van der Waals surface area contributed by atoms with E-state index in [-0.39, 0.29) is 17.1 Å². The molecule has 0 radical (unpaired) electrons. The smallest absolute Gasteiger partial charge is 0.130 e. The number of benzene rings is 1. The van der Waals surface area contributed by atoms with Crippen LogP contribution < -0.4 is 0 Å². The number of aliphatic hydroxyl groups is 1. The Morgan fingerprint density at radius 3 is 2.93 bits per heavy atom. The summed E-state index contributed by atoms with van der Waals surface area (Å²) in [5, 5.41) is 12.7. The molecule has 14 heavy (non-hydrogen) atoms. The van der Waals surface area contributed by atoms with Gasteiger partial charge in [-0.3, -0.25) is 0 Å². The van der Waals surface area contributed by atoms with Crippen molar-refractivity contribution in [1.82, 2.24) is 0 Å². The van der Waals surface area contributed by atoms with E-state index in [1.54, 1.807) is 0 Å². The van der Waals surface area contributed by atoms with Crippen molar-refractivity contribution < 1.29 is 9.50 Å². The van der Waals surface area contributed by atoms with E-state index >= 15 is 0 Å². The van der Waals surface area contributed by atoms with E-state index in [4.69, 9.17) is 17.1 Å². The van der Waals surface area contributed by atoms with Gasteiger partial charge in [0.1, 0.15) is 5.82 Å². The van der Waals surface area contributed by atoms with Gasteiger partial charge in [-0.1, -0.05) is 22.8 Å². The normalized spacial score (nSPS) is 11.9. The van der Waals surface area contributed by atoms with Crippen molar-refractivity contribution in [3.63, 3.8) is 0 Å². The Bertz CT molecular complexity index is 359. The van der Waals surface area contributed by atoms with Gasteiger partial charge in [-0.2, -0.15) is 0 Å². The Kier molecular flexibility index (Phi) is 3.71. The molecule has 0 saturated carbocycles. The number of halogens is 2. The topological polar surface area (TPSA) is 69.0 Å². The molecular weight excluding hydrogens is 209 g/mol. The first-order valence-corrected chi connectivity index (χ1v) is 4.17. The molecule has 0 saturated heterocycles. The highest BCUT2D eigenvalue weighted by molar-refractivity contribution is 6.31. The van der Waals surface area contributed by atoms with Crippen molar-refractivity contribution in [2.24, 2.45) is 5.11 Å². The van der Waals surface area contributed by atoms with Crippen LogP contribution in [0.4, 0.5) is 4.39 Å². The van der Waals surface area contributed by atoms with E-state index in [1.807, 2.05) is 0 Å². The lowest BCUT2D eigenvalue weighted by atomic mass is 10.1. The van der Waals surface area contributed by atoms with Gasteiger partial charge in [0, 0.05) is 15.5 Å². The first-order valence-electron chi connectivity index (χ1n) is 3.79. The van der Waals surface area contributed by atoms with Gasteiger partial charge in [0.15, 0.2) is 0 Å². The summed E-state index contributed by atoms with van der Waals surface area (Å²) in [6.07, 6.45) is -1.21. The fourth-order valence-electron chi connectivity index (χ4n) is 1.03. The molecule has 74 valence electrons. The predicted molar refractivity (Wildman–Crippen MR) is 50.4 cm³/mol. The summed E-state index contributed by atoms with van der Waals surface area (Å²) >= 11 is 5.67. The molecule has 1 N–H and O–H groups in total. The zero-order chi connectivity index (χ0) is 10.6. The Morgan fingerprint density at radius 2 is 2.36 bits per heavy atom. The lowest BCUT2D eigenvalue weighted by Gasteiger charge is -2.10. The molecule has 1 aromatic carbocycles. The van der Waals surface area contributed by atoms with E-state index < -0.39 is 11.9 Å². The summed E-state index contributed by atoms with van der Waals surface area (Å²) in [6, 6.07) is 4.07. The van der Waals surface area contributed by atoms with Crippen LogP contribution in [-0.4, -0.2) is 11.7 Å². The quantitative estimate of drug-likeness (QED) is 0.470. The highest BCUT2D eigenvalue weighted by atomic mass is 35.5. The van der Waals surface area contributed by atoms with Gasteiger partial charge >= 0.3 is 0 Å². The fraction of sp³-hybridized carbons (Fsp3) is 0.250. The van der Waals surface area contributed by atoms with Crippen molar-refractivity contribution >= 4 is 11.6 Å². The van der Waals surface area contributed by atoms with Crippen LogP contribution in [0, 0.1) is 5.82 Å². The Morgan fingerprint density at radius 1 is 1.64 bits per heavy atom. The molecule has 0 bridgehead atoms. The first-order chi connectivity index (χ1) is 6.66. The fourth-order valence-corrected chi connectivity index (χ4v) is 1.32. The molecule has 0 aliphatic heterocycles. The van der Waals surface area contributed by atoms with Crippen molar-refractivity contribution in [3.05, 3.63) is 45.0 Å². The molecule has 0 aliphatic carbocycles. The average molecular weight is 216 g/mol. The van der Waals surface area contributed by atoms with Gasteiger partial charge in [0.05, 0.1) is 12.6 Å². The van der Waals surface area contributed by atoms with Gasteiger partial charge in [0.25, 0.3) is 0 Å². The lowest BCUT2D eigenvalue weighted by molar-refractivity contribution is 0.182. The van der Waals surface area contributed by atoms with Crippen molar-refractivity contribution in [3.8, 4) is 0 Å². The summed E-state index contributed by atoms with van der Waals surface area (Å²) in [5.41, 5.74) is 7.98. The molecule has 0 aliphatic rings. The number of hydrogen-bond acceptors (Lipinski definition) is 2. The third-order valence-electron chi connectivity index (χ3n) is 1.65. The zero-order valence-electron chi connectivity index (χ0n) is 7.06. The second-order valence-electron chi connectivity index (χ2n) is 2.56. The van der Waals surface area contributed by atoms with Crippen molar-refractivity contribution in [2.75, 3.05) is 6.54 Å². The first kappa shape index (κ1) is 10.8. The molecule has 1 rings (SSSR count). The highest BCUT2D eigenvalue weighted by Crippen LogP contribution is 2.25. The molecule has 0 unspecified atom stereocenters. The number of rotatable bonds is 3. The Hall–Kier alpha value is -1.29. The van der Waals surface area contributed by atoms with Gasteiger partial charge in [-0.05, 0) is 17.7 Å². The molecule has 0 amide bonds. The van der Waals surface area contributed by atoms with Crippen LogP contribution in [0.15, 0.2) is 23.3 Å². The Labute approximate surface area is 84.6 Å². The van der Waals surface area contributed by atoms with Crippen molar-refractivity contribution in [1.29, 1.82) is 0 Å². The molecule has 6 heteroatoms. The predicted octanol–water partition coefficient (Wildman–Crippen LogP) is 2.82. The molecule has 1 atom stereocenters. The third kappa shape index (κ3) is 2.35. The summed E-state index contributed by atoms with van der Waals surface area (Å²) in [7, 11) is 0. The maximum Gasteiger partial charge on any atom is 0.130 e. The average Bonchev–Trinajstić information content (AvgIpc) is 2.14. The zero-order valence-corrected chi connectivity index (χ0v) is 7.82. The number of nitrogens with zero attached hydrogens (tertiary/aromatic N) is 3. The van der Waals surface area contributed by atoms with Gasteiger partial charge in [0.2, 0.25) is 0 Å². The number of hydrogen-bond donors (Lipinski definition) is 1. The summed E-state index contributed by atoms with van der Waals surface area (Å²) < 4.78 is 13.1. The maximum absolute atomic E-state index is 13.1. The summed E-state index contributed by atoms with van der Waals surface area (Å²) in [6.45, 7) is -0.239.